The van der Waals surface area contributed by atoms with Gasteiger partial charge in [0.2, 0.25) is 0 Å². The first-order valence-electron chi connectivity index (χ1n) is 8.17. The minimum Gasteiger partial charge on any atom is -0.466 e. The van der Waals surface area contributed by atoms with Gasteiger partial charge in [0.1, 0.15) is 0 Å². The van der Waals surface area contributed by atoms with Gasteiger partial charge in [0.15, 0.2) is 0 Å². The molecule has 0 bridgehead atoms. The van der Waals surface area contributed by atoms with E-state index in [1.807, 2.05) is 6.92 Å². The normalized spacial score (nSPS) is 16.8. The third-order valence-corrected chi connectivity index (χ3v) is 4.13. The molecule has 3 nitrogen and oxygen atoms in total. The van der Waals surface area contributed by atoms with Gasteiger partial charge in [0.25, 0.3) is 0 Å². The summed E-state index contributed by atoms with van der Waals surface area (Å²) >= 11 is 0. The fourth-order valence-corrected chi connectivity index (χ4v) is 3.04. The van der Waals surface area contributed by atoms with Crippen molar-refractivity contribution in [2.45, 2.75) is 77.7 Å². The summed E-state index contributed by atoms with van der Waals surface area (Å²) in [6.45, 7) is 7.01. The molecule has 0 aromatic heterocycles. The maximum atomic E-state index is 11.2. The van der Waals surface area contributed by atoms with Crippen molar-refractivity contribution in [2.24, 2.45) is 0 Å². The Kier molecular flexibility index (Phi) is 8.89. The van der Waals surface area contributed by atoms with Crippen LogP contribution in [0.5, 0.6) is 0 Å². The maximum Gasteiger partial charge on any atom is 0.305 e. The first kappa shape index (κ1) is 16.5. The number of rotatable bonds is 9. The van der Waals surface area contributed by atoms with E-state index in [1.165, 1.54) is 51.6 Å². The van der Waals surface area contributed by atoms with Crippen LogP contribution in [0.4, 0.5) is 0 Å². The second-order valence-corrected chi connectivity index (χ2v) is 5.54. The van der Waals surface area contributed by atoms with E-state index >= 15 is 0 Å². The van der Waals surface area contributed by atoms with Crippen LogP contribution in [0.25, 0.3) is 0 Å². The summed E-state index contributed by atoms with van der Waals surface area (Å²) in [5.41, 5.74) is 0. The number of nitrogens with zero attached hydrogens (tertiary/aromatic N) is 1. The van der Waals surface area contributed by atoms with E-state index in [1.54, 1.807) is 0 Å². The lowest BCUT2D eigenvalue weighted by molar-refractivity contribution is -0.143. The fraction of sp³-hybridized carbons (Fsp3) is 0.938. The SMILES string of the molecule is CCOC(=O)CCCCCN(CC)C1CCCCC1. The van der Waals surface area contributed by atoms with E-state index in [-0.39, 0.29) is 5.97 Å². The van der Waals surface area contributed by atoms with Crippen LogP contribution in [0.2, 0.25) is 0 Å². The van der Waals surface area contributed by atoms with E-state index in [0.29, 0.717) is 13.0 Å². The molecule has 3 heteroatoms. The van der Waals surface area contributed by atoms with Crippen LogP contribution in [0, 0.1) is 0 Å². The molecule has 0 unspecified atom stereocenters. The number of hydrogen-bond acceptors (Lipinski definition) is 3. The zero-order valence-electron chi connectivity index (χ0n) is 12.8. The Labute approximate surface area is 118 Å². The molecule has 0 spiro atoms. The average molecular weight is 269 g/mol. The quantitative estimate of drug-likeness (QED) is 0.471. The van der Waals surface area contributed by atoms with Crippen molar-refractivity contribution < 1.29 is 9.53 Å². The van der Waals surface area contributed by atoms with E-state index in [4.69, 9.17) is 4.74 Å². The monoisotopic (exact) mass is 269 g/mol. The van der Waals surface area contributed by atoms with Gasteiger partial charge in [-0.3, -0.25) is 4.79 Å². The molecule has 1 saturated carbocycles. The number of carbonyl (C=O) groups is 1. The minimum absolute atomic E-state index is 0.0397. The van der Waals surface area contributed by atoms with Gasteiger partial charge in [-0.1, -0.05) is 32.6 Å². The van der Waals surface area contributed by atoms with Gasteiger partial charge in [-0.05, 0) is 45.7 Å². The van der Waals surface area contributed by atoms with Gasteiger partial charge in [-0.15, -0.1) is 0 Å². The number of ether oxygens (including phenoxy) is 1. The van der Waals surface area contributed by atoms with Crippen LogP contribution in [0.15, 0.2) is 0 Å². The molecule has 0 radical (unpaired) electrons. The molecule has 0 N–H and O–H groups in total. The molecule has 0 heterocycles. The first-order chi connectivity index (χ1) is 9.27. The van der Waals surface area contributed by atoms with E-state index in [9.17, 15) is 4.79 Å². The highest BCUT2D eigenvalue weighted by Crippen LogP contribution is 2.22. The van der Waals surface area contributed by atoms with Gasteiger partial charge >= 0.3 is 5.97 Å². The topological polar surface area (TPSA) is 29.5 Å². The molecular weight excluding hydrogens is 238 g/mol. The Morgan fingerprint density at radius 2 is 1.84 bits per heavy atom. The Hall–Kier alpha value is -0.570. The molecule has 1 aliphatic carbocycles. The Morgan fingerprint density at radius 3 is 2.47 bits per heavy atom. The molecule has 0 aromatic rings. The molecule has 1 rings (SSSR count). The average Bonchev–Trinajstić information content (AvgIpc) is 2.44. The van der Waals surface area contributed by atoms with Crippen molar-refractivity contribution in [3.63, 3.8) is 0 Å². The Bertz CT molecular complexity index is 237. The molecule has 0 saturated heterocycles. The van der Waals surface area contributed by atoms with E-state index in [0.717, 1.165) is 18.9 Å². The van der Waals surface area contributed by atoms with E-state index in [2.05, 4.69) is 11.8 Å². The zero-order chi connectivity index (χ0) is 13.9. The van der Waals surface area contributed by atoms with Crippen LogP contribution >= 0.6 is 0 Å². The summed E-state index contributed by atoms with van der Waals surface area (Å²) in [6.07, 6.45) is 10.9. The van der Waals surface area contributed by atoms with Gasteiger partial charge in [0, 0.05) is 12.5 Å². The highest BCUT2D eigenvalue weighted by Gasteiger charge is 2.19. The standard InChI is InChI=1S/C16H31NO2/c1-3-17(15-11-7-5-8-12-15)14-10-6-9-13-16(18)19-4-2/h15H,3-14H2,1-2H3. The molecule has 0 aromatic carbocycles. The number of esters is 1. The fourth-order valence-electron chi connectivity index (χ4n) is 3.04. The zero-order valence-corrected chi connectivity index (χ0v) is 12.8. The molecule has 1 fully saturated rings. The van der Waals surface area contributed by atoms with Gasteiger partial charge < -0.3 is 9.64 Å². The lowest BCUT2D eigenvalue weighted by atomic mass is 9.94. The van der Waals surface area contributed by atoms with Gasteiger partial charge in [-0.2, -0.15) is 0 Å². The van der Waals surface area contributed by atoms with Gasteiger partial charge in [0.05, 0.1) is 6.61 Å². The molecule has 112 valence electrons. The number of hydrogen-bond donors (Lipinski definition) is 0. The van der Waals surface area contributed by atoms with Crippen LogP contribution in [-0.2, 0) is 9.53 Å². The van der Waals surface area contributed by atoms with Crippen molar-refractivity contribution in [3.05, 3.63) is 0 Å². The summed E-state index contributed by atoms with van der Waals surface area (Å²) in [4.78, 5) is 13.9. The van der Waals surface area contributed by atoms with Crippen molar-refractivity contribution >= 4 is 5.97 Å². The van der Waals surface area contributed by atoms with Crippen LogP contribution in [0.1, 0.15) is 71.6 Å². The molecule has 1 aliphatic rings. The smallest absolute Gasteiger partial charge is 0.305 e. The highest BCUT2D eigenvalue weighted by molar-refractivity contribution is 5.69. The summed E-state index contributed by atoms with van der Waals surface area (Å²) in [5.74, 6) is -0.0397. The lowest BCUT2D eigenvalue weighted by Crippen LogP contribution is -2.37. The second kappa shape index (κ2) is 10.2. The predicted molar refractivity (Wildman–Crippen MR) is 79.2 cm³/mol. The van der Waals surface area contributed by atoms with Crippen molar-refractivity contribution in [3.8, 4) is 0 Å². The highest BCUT2D eigenvalue weighted by atomic mass is 16.5. The Morgan fingerprint density at radius 1 is 1.11 bits per heavy atom. The van der Waals surface area contributed by atoms with E-state index < -0.39 is 0 Å². The van der Waals surface area contributed by atoms with Crippen LogP contribution in [-0.4, -0.2) is 36.6 Å². The largest absolute Gasteiger partial charge is 0.466 e. The molecular formula is C16H31NO2. The second-order valence-electron chi connectivity index (χ2n) is 5.54. The number of carbonyl (C=O) groups excluding carboxylic acids is 1. The maximum absolute atomic E-state index is 11.2. The van der Waals surface area contributed by atoms with Crippen LogP contribution in [0.3, 0.4) is 0 Å². The molecule has 0 amide bonds. The molecule has 0 aliphatic heterocycles. The third-order valence-electron chi connectivity index (χ3n) is 4.13. The van der Waals surface area contributed by atoms with Crippen LogP contribution < -0.4 is 0 Å². The van der Waals surface area contributed by atoms with Crippen molar-refractivity contribution in [1.29, 1.82) is 0 Å². The first-order valence-corrected chi connectivity index (χ1v) is 8.17. The predicted octanol–water partition coefficient (Wildman–Crippen LogP) is 3.76. The molecule has 0 atom stereocenters. The summed E-state index contributed by atoms with van der Waals surface area (Å²) in [7, 11) is 0. The van der Waals surface area contributed by atoms with Crippen molar-refractivity contribution in [2.75, 3.05) is 19.7 Å². The number of unbranched alkanes of at least 4 members (excludes halogenated alkanes) is 2. The van der Waals surface area contributed by atoms with Gasteiger partial charge in [-0.25, -0.2) is 0 Å². The third kappa shape index (κ3) is 6.95. The molecule has 19 heavy (non-hydrogen) atoms. The van der Waals surface area contributed by atoms with Crippen molar-refractivity contribution in [1.82, 2.24) is 4.90 Å². The summed E-state index contributed by atoms with van der Waals surface area (Å²) < 4.78 is 4.94. The summed E-state index contributed by atoms with van der Waals surface area (Å²) in [5, 5.41) is 0. The summed E-state index contributed by atoms with van der Waals surface area (Å²) in [6, 6.07) is 0.823. The Balaban J connectivity index is 2.07. The lowest BCUT2D eigenvalue weighted by Gasteiger charge is -2.33. The minimum atomic E-state index is -0.0397.